The van der Waals surface area contributed by atoms with Gasteiger partial charge < -0.3 is 14.2 Å². The maximum Gasteiger partial charge on any atom is 0.335 e. The van der Waals surface area contributed by atoms with Gasteiger partial charge in [0.15, 0.2) is 6.10 Å². The van der Waals surface area contributed by atoms with Crippen molar-refractivity contribution < 1.29 is 19.0 Å². The SMILES string of the molecule is CCOC(=O)C(Cc1cccc(OCc2ccccc2)c1)OCC. The molecule has 4 heteroatoms. The Morgan fingerprint density at radius 1 is 0.958 bits per heavy atom. The van der Waals surface area contributed by atoms with Crippen LogP contribution >= 0.6 is 0 Å². The number of benzene rings is 2. The maximum atomic E-state index is 12.0. The Hall–Kier alpha value is -2.33. The third kappa shape index (κ3) is 5.70. The zero-order valence-corrected chi connectivity index (χ0v) is 14.2. The van der Waals surface area contributed by atoms with Gasteiger partial charge in [0.05, 0.1) is 6.61 Å². The Bertz CT molecular complexity index is 625. The summed E-state index contributed by atoms with van der Waals surface area (Å²) in [6, 6.07) is 17.7. The van der Waals surface area contributed by atoms with E-state index in [1.165, 1.54) is 0 Å². The first-order valence-electron chi connectivity index (χ1n) is 8.26. The van der Waals surface area contributed by atoms with Gasteiger partial charge in [0.2, 0.25) is 0 Å². The quantitative estimate of drug-likeness (QED) is 0.657. The molecule has 0 fully saturated rings. The number of rotatable bonds is 9. The minimum Gasteiger partial charge on any atom is -0.489 e. The van der Waals surface area contributed by atoms with Gasteiger partial charge in [-0.1, -0.05) is 42.5 Å². The highest BCUT2D eigenvalue weighted by molar-refractivity contribution is 5.75. The van der Waals surface area contributed by atoms with Gasteiger partial charge in [-0.15, -0.1) is 0 Å². The normalized spacial score (nSPS) is 11.8. The molecule has 2 aromatic rings. The number of hydrogen-bond donors (Lipinski definition) is 0. The lowest BCUT2D eigenvalue weighted by molar-refractivity contribution is -0.156. The smallest absolute Gasteiger partial charge is 0.335 e. The van der Waals surface area contributed by atoms with E-state index < -0.39 is 6.10 Å². The van der Waals surface area contributed by atoms with Crippen LogP contribution in [0.2, 0.25) is 0 Å². The van der Waals surface area contributed by atoms with E-state index in [9.17, 15) is 4.79 Å². The standard InChI is InChI=1S/C20H24O4/c1-3-22-19(20(21)23-4-2)14-17-11-8-12-18(13-17)24-15-16-9-6-5-7-10-16/h5-13,19H,3-4,14-15H2,1-2H3. The second-order valence-corrected chi connectivity index (χ2v) is 5.32. The predicted octanol–water partition coefficient (Wildman–Crippen LogP) is 3.78. The van der Waals surface area contributed by atoms with E-state index in [1.54, 1.807) is 6.92 Å². The highest BCUT2D eigenvalue weighted by atomic mass is 16.6. The number of carbonyl (C=O) groups excluding carboxylic acids is 1. The molecule has 0 aliphatic carbocycles. The Morgan fingerprint density at radius 3 is 2.42 bits per heavy atom. The molecule has 0 saturated carbocycles. The molecular weight excluding hydrogens is 304 g/mol. The van der Waals surface area contributed by atoms with E-state index in [0.29, 0.717) is 26.2 Å². The molecule has 0 aromatic heterocycles. The topological polar surface area (TPSA) is 44.8 Å². The predicted molar refractivity (Wildman–Crippen MR) is 93.0 cm³/mol. The second kappa shape index (κ2) is 9.73. The molecule has 1 unspecified atom stereocenters. The van der Waals surface area contributed by atoms with Crippen LogP contribution in [0.5, 0.6) is 5.75 Å². The monoisotopic (exact) mass is 328 g/mol. The summed E-state index contributed by atoms with van der Waals surface area (Å²) in [5, 5.41) is 0. The van der Waals surface area contributed by atoms with Crippen molar-refractivity contribution in [3.05, 3.63) is 65.7 Å². The third-order valence-corrected chi connectivity index (χ3v) is 3.49. The molecule has 0 aliphatic heterocycles. The molecule has 24 heavy (non-hydrogen) atoms. The van der Waals surface area contributed by atoms with E-state index >= 15 is 0 Å². The molecule has 0 spiro atoms. The zero-order chi connectivity index (χ0) is 17.2. The molecule has 128 valence electrons. The molecule has 0 heterocycles. The van der Waals surface area contributed by atoms with Crippen LogP contribution in [0.1, 0.15) is 25.0 Å². The molecule has 0 amide bonds. The molecule has 0 N–H and O–H groups in total. The molecule has 0 aliphatic rings. The first-order valence-corrected chi connectivity index (χ1v) is 8.26. The van der Waals surface area contributed by atoms with Crippen LogP contribution in [-0.4, -0.2) is 25.3 Å². The van der Waals surface area contributed by atoms with E-state index in [-0.39, 0.29) is 5.97 Å². The van der Waals surface area contributed by atoms with E-state index in [1.807, 2.05) is 61.5 Å². The summed E-state index contributed by atoms with van der Waals surface area (Å²) < 4.78 is 16.4. The summed E-state index contributed by atoms with van der Waals surface area (Å²) in [6.07, 6.45) is -0.116. The number of hydrogen-bond acceptors (Lipinski definition) is 4. The van der Waals surface area contributed by atoms with Gasteiger partial charge >= 0.3 is 5.97 Å². The molecule has 0 saturated heterocycles. The fraction of sp³-hybridized carbons (Fsp3) is 0.350. The minimum atomic E-state index is -0.584. The summed E-state index contributed by atoms with van der Waals surface area (Å²) in [7, 11) is 0. The molecule has 4 nitrogen and oxygen atoms in total. The maximum absolute atomic E-state index is 12.0. The van der Waals surface area contributed by atoms with Crippen molar-refractivity contribution in [2.45, 2.75) is 33.0 Å². The largest absolute Gasteiger partial charge is 0.489 e. The highest BCUT2D eigenvalue weighted by Crippen LogP contribution is 2.17. The highest BCUT2D eigenvalue weighted by Gasteiger charge is 2.20. The van der Waals surface area contributed by atoms with Gasteiger partial charge in [-0.2, -0.15) is 0 Å². The Morgan fingerprint density at radius 2 is 1.71 bits per heavy atom. The number of carbonyl (C=O) groups is 1. The summed E-state index contributed by atoms with van der Waals surface area (Å²) in [5.74, 6) is 0.449. The van der Waals surface area contributed by atoms with Crippen LogP contribution < -0.4 is 4.74 Å². The van der Waals surface area contributed by atoms with Crippen molar-refractivity contribution in [3.8, 4) is 5.75 Å². The third-order valence-electron chi connectivity index (χ3n) is 3.49. The van der Waals surface area contributed by atoms with E-state index in [2.05, 4.69) is 0 Å². The lowest BCUT2D eigenvalue weighted by Crippen LogP contribution is -2.29. The average Bonchev–Trinajstić information content (AvgIpc) is 2.61. The first-order chi connectivity index (χ1) is 11.7. The number of esters is 1. The lowest BCUT2D eigenvalue weighted by Gasteiger charge is -2.16. The molecule has 2 aromatic carbocycles. The minimum absolute atomic E-state index is 0.324. The molecule has 1 atom stereocenters. The van der Waals surface area contributed by atoms with Crippen LogP contribution in [-0.2, 0) is 27.3 Å². The van der Waals surface area contributed by atoms with Crippen molar-refractivity contribution in [3.63, 3.8) is 0 Å². The Kier molecular flexibility index (Phi) is 7.30. The second-order valence-electron chi connectivity index (χ2n) is 5.32. The summed E-state index contributed by atoms with van der Waals surface area (Å²) >= 11 is 0. The zero-order valence-electron chi connectivity index (χ0n) is 14.2. The van der Waals surface area contributed by atoms with Crippen LogP contribution in [0, 0.1) is 0 Å². The van der Waals surface area contributed by atoms with Crippen molar-refractivity contribution >= 4 is 5.97 Å². The van der Waals surface area contributed by atoms with Gasteiger partial charge in [0, 0.05) is 13.0 Å². The fourth-order valence-electron chi connectivity index (χ4n) is 2.36. The molecular formula is C20H24O4. The van der Waals surface area contributed by atoms with Crippen LogP contribution in [0.3, 0.4) is 0 Å². The van der Waals surface area contributed by atoms with Crippen LogP contribution in [0.15, 0.2) is 54.6 Å². The first kappa shape index (κ1) is 18.0. The van der Waals surface area contributed by atoms with Gasteiger partial charge in [0.1, 0.15) is 12.4 Å². The van der Waals surface area contributed by atoms with Gasteiger partial charge in [0.25, 0.3) is 0 Å². The summed E-state index contributed by atoms with van der Waals surface area (Å²) in [5.41, 5.74) is 2.09. The van der Waals surface area contributed by atoms with Crippen molar-refractivity contribution in [1.82, 2.24) is 0 Å². The number of ether oxygens (including phenoxy) is 3. The van der Waals surface area contributed by atoms with Gasteiger partial charge in [-0.05, 0) is 37.1 Å². The molecule has 2 rings (SSSR count). The fourth-order valence-corrected chi connectivity index (χ4v) is 2.36. The average molecular weight is 328 g/mol. The lowest BCUT2D eigenvalue weighted by atomic mass is 10.1. The molecule has 0 radical (unpaired) electrons. The van der Waals surface area contributed by atoms with Crippen molar-refractivity contribution in [2.75, 3.05) is 13.2 Å². The van der Waals surface area contributed by atoms with Crippen molar-refractivity contribution in [1.29, 1.82) is 0 Å². The van der Waals surface area contributed by atoms with Crippen LogP contribution in [0.25, 0.3) is 0 Å². The van der Waals surface area contributed by atoms with E-state index in [4.69, 9.17) is 14.2 Å². The van der Waals surface area contributed by atoms with Gasteiger partial charge in [-0.3, -0.25) is 0 Å². The van der Waals surface area contributed by atoms with Gasteiger partial charge in [-0.25, -0.2) is 4.79 Å². The Balaban J connectivity index is 1.99. The molecule has 0 bridgehead atoms. The summed E-state index contributed by atoms with van der Waals surface area (Å²) in [4.78, 5) is 12.0. The summed E-state index contributed by atoms with van der Waals surface area (Å²) in [6.45, 7) is 4.98. The van der Waals surface area contributed by atoms with Crippen molar-refractivity contribution in [2.24, 2.45) is 0 Å². The van der Waals surface area contributed by atoms with Crippen LogP contribution in [0.4, 0.5) is 0 Å². The van der Waals surface area contributed by atoms with E-state index in [0.717, 1.165) is 16.9 Å². The Labute approximate surface area is 143 Å².